The number of aliphatic hydroxyl groups is 1. The normalized spacial score (nSPS) is 10.6. The predicted octanol–water partition coefficient (Wildman–Crippen LogP) is 2.25. The van der Waals surface area contributed by atoms with Crippen LogP contribution in [0.5, 0.6) is 5.75 Å². The van der Waals surface area contributed by atoms with E-state index >= 15 is 0 Å². The van der Waals surface area contributed by atoms with Gasteiger partial charge in [0.15, 0.2) is 11.6 Å². The van der Waals surface area contributed by atoms with E-state index in [2.05, 4.69) is 0 Å². The Morgan fingerprint density at radius 1 is 1.29 bits per heavy atom. The lowest BCUT2D eigenvalue weighted by Gasteiger charge is -2.06. The van der Waals surface area contributed by atoms with E-state index in [1.165, 1.54) is 0 Å². The van der Waals surface area contributed by atoms with Gasteiger partial charge in [-0.2, -0.15) is 4.39 Å². The second-order valence-electron chi connectivity index (χ2n) is 2.82. The van der Waals surface area contributed by atoms with Gasteiger partial charge in [0.1, 0.15) is 0 Å². The van der Waals surface area contributed by atoms with Crippen molar-refractivity contribution in [3.05, 3.63) is 28.3 Å². The molecule has 1 aromatic carbocycles. The standard InChI is InChI=1S/C9H9ClF2O2/c10-6-4-5(2-1-3-13)7(11)8(12)9(6)14/h4,13-14H,1-3H2. The summed E-state index contributed by atoms with van der Waals surface area (Å²) in [6.07, 6.45) is 0.497. The van der Waals surface area contributed by atoms with E-state index in [9.17, 15) is 8.78 Å². The van der Waals surface area contributed by atoms with Crippen molar-refractivity contribution < 1.29 is 19.0 Å². The summed E-state index contributed by atoms with van der Waals surface area (Å²) >= 11 is 5.45. The van der Waals surface area contributed by atoms with Crippen LogP contribution in [-0.4, -0.2) is 16.8 Å². The van der Waals surface area contributed by atoms with Crippen molar-refractivity contribution in [2.45, 2.75) is 12.8 Å². The highest BCUT2D eigenvalue weighted by molar-refractivity contribution is 6.32. The molecule has 0 spiro atoms. The van der Waals surface area contributed by atoms with E-state index < -0.39 is 17.4 Å². The van der Waals surface area contributed by atoms with Crippen LogP contribution in [0.25, 0.3) is 0 Å². The third-order valence-corrected chi connectivity index (χ3v) is 2.10. The number of hydrogen-bond acceptors (Lipinski definition) is 2. The van der Waals surface area contributed by atoms with E-state index in [1.54, 1.807) is 0 Å². The zero-order chi connectivity index (χ0) is 10.7. The summed E-state index contributed by atoms with van der Waals surface area (Å²) in [6, 6.07) is 1.16. The van der Waals surface area contributed by atoms with E-state index in [-0.39, 0.29) is 23.6 Å². The number of halogens is 3. The maximum absolute atomic E-state index is 13.1. The van der Waals surface area contributed by atoms with Crippen molar-refractivity contribution in [2.75, 3.05) is 6.61 Å². The fourth-order valence-corrected chi connectivity index (χ4v) is 1.30. The largest absolute Gasteiger partial charge is 0.504 e. The number of hydrogen-bond donors (Lipinski definition) is 2. The molecule has 2 nitrogen and oxygen atoms in total. The smallest absolute Gasteiger partial charge is 0.202 e. The number of aromatic hydroxyl groups is 1. The molecule has 5 heteroatoms. The molecular weight excluding hydrogens is 214 g/mol. The zero-order valence-corrected chi connectivity index (χ0v) is 7.98. The average Bonchev–Trinajstić information content (AvgIpc) is 2.18. The Hall–Kier alpha value is -0.870. The van der Waals surface area contributed by atoms with Crippen molar-refractivity contribution in [2.24, 2.45) is 0 Å². The van der Waals surface area contributed by atoms with E-state index in [1.807, 2.05) is 0 Å². The first kappa shape index (κ1) is 11.2. The van der Waals surface area contributed by atoms with Crippen LogP contribution in [0.3, 0.4) is 0 Å². The Morgan fingerprint density at radius 2 is 1.93 bits per heavy atom. The molecule has 0 bridgehead atoms. The number of phenolic OH excluding ortho intramolecular Hbond substituents is 1. The van der Waals surface area contributed by atoms with Gasteiger partial charge in [0, 0.05) is 6.61 Å². The minimum absolute atomic E-state index is 0.0550. The molecule has 1 rings (SSSR count). The Kier molecular flexibility index (Phi) is 3.66. The van der Waals surface area contributed by atoms with Gasteiger partial charge < -0.3 is 10.2 Å². The highest BCUT2D eigenvalue weighted by Crippen LogP contribution is 2.30. The Balaban J connectivity index is 3.06. The molecule has 14 heavy (non-hydrogen) atoms. The van der Waals surface area contributed by atoms with Gasteiger partial charge in [-0.3, -0.25) is 0 Å². The summed E-state index contributed by atoms with van der Waals surface area (Å²) in [5.74, 6) is -3.33. The first-order chi connectivity index (χ1) is 6.57. The first-order valence-corrected chi connectivity index (χ1v) is 4.42. The minimum atomic E-state index is -1.34. The molecular formula is C9H9ClF2O2. The van der Waals surface area contributed by atoms with Crippen LogP contribution in [0.2, 0.25) is 5.02 Å². The molecule has 0 atom stereocenters. The van der Waals surface area contributed by atoms with Crippen molar-refractivity contribution in [1.29, 1.82) is 0 Å². The molecule has 0 saturated heterocycles. The lowest BCUT2D eigenvalue weighted by atomic mass is 10.1. The van der Waals surface area contributed by atoms with E-state index in [0.717, 1.165) is 6.07 Å². The number of aliphatic hydroxyl groups excluding tert-OH is 1. The molecule has 0 fully saturated rings. The molecule has 0 aliphatic heterocycles. The molecule has 0 amide bonds. The highest BCUT2D eigenvalue weighted by Gasteiger charge is 2.16. The maximum Gasteiger partial charge on any atom is 0.202 e. The maximum atomic E-state index is 13.1. The molecule has 0 aliphatic carbocycles. The summed E-state index contributed by atoms with van der Waals surface area (Å²) in [6.45, 7) is -0.112. The van der Waals surface area contributed by atoms with Gasteiger partial charge in [-0.15, -0.1) is 0 Å². The predicted molar refractivity (Wildman–Crippen MR) is 48.4 cm³/mol. The van der Waals surface area contributed by atoms with E-state index in [0.29, 0.717) is 6.42 Å². The third kappa shape index (κ3) is 2.13. The van der Waals surface area contributed by atoms with Gasteiger partial charge >= 0.3 is 0 Å². The number of phenols is 1. The first-order valence-electron chi connectivity index (χ1n) is 4.04. The molecule has 0 heterocycles. The second kappa shape index (κ2) is 4.57. The molecule has 0 aliphatic rings. The van der Waals surface area contributed by atoms with Crippen LogP contribution in [0.4, 0.5) is 8.78 Å². The summed E-state index contributed by atoms with van der Waals surface area (Å²) in [4.78, 5) is 0. The average molecular weight is 223 g/mol. The van der Waals surface area contributed by atoms with Crippen LogP contribution in [-0.2, 0) is 6.42 Å². The minimum Gasteiger partial charge on any atom is -0.504 e. The van der Waals surface area contributed by atoms with Crippen LogP contribution in [0, 0.1) is 11.6 Å². The monoisotopic (exact) mass is 222 g/mol. The summed E-state index contributed by atoms with van der Waals surface area (Å²) < 4.78 is 26.0. The van der Waals surface area contributed by atoms with Crippen molar-refractivity contribution in [3.63, 3.8) is 0 Å². The van der Waals surface area contributed by atoms with Gasteiger partial charge in [0.25, 0.3) is 0 Å². The molecule has 78 valence electrons. The molecule has 1 aromatic rings. The summed E-state index contributed by atoms with van der Waals surface area (Å²) in [7, 11) is 0. The number of aryl methyl sites for hydroxylation is 1. The Bertz CT molecular complexity index is 342. The number of rotatable bonds is 3. The van der Waals surface area contributed by atoms with Gasteiger partial charge in [-0.25, -0.2) is 4.39 Å². The van der Waals surface area contributed by atoms with Crippen LogP contribution in [0.15, 0.2) is 6.07 Å². The van der Waals surface area contributed by atoms with Gasteiger partial charge in [0.05, 0.1) is 5.02 Å². The highest BCUT2D eigenvalue weighted by atomic mass is 35.5. The SMILES string of the molecule is OCCCc1cc(Cl)c(O)c(F)c1F. The zero-order valence-electron chi connectivity index (χ0n) is 7.23. The molecule has 0 saturated carbocycles. The van der Waals surface area contributed by atoms with E-state index in [4.69, 9.17) is 21.8 Å². The Labute approximate surface area is 84.7 Å². The topological polar surface area (TPSA) is 40.5 Å². The lowest BCUT2D eigenvalue weighted by Crippen LogP contribution is -1.97. The fraction of sp³-hybridized carbons (Fsp3) is 0.333. The van der Waals surface area contributed by atoms with Gasteiger partial charge in [0.2, 0.25) is 5.82 Å². The van der Waals surface area contributed by atoms with Crippen LogP contribution >= 0.6 is 11.6 Å². The summed E-state index contributed by atoms with van der Waals surface area (Å²) in [5.41, 5.74) is 0.0550. The summed E-state index contributed by atoms with van der Waals surface area (Å²) in [5, 5.41) is 17.2. The van der Waals surface area contributed by atoms with Crippen molar-refractivity contribution in [3.8, 4) is 5.75 Å². The Morgan fingerprint density at radius 3 is 2.50 bits per heavy atom. The third-order valence-electron chi connectivity index (χ3n) is 1.81. The molecule has 0 aromatic heterocycles. The van der Waals surface area contributed by atoms with Crippen LogP contribution < -0.4 is 0 Å². The quantitative estimate of drug-likeness (QED) is 0.770. The fourth-order valence-electron chi connectivity index (χ4n) is 1.09. The lowest BCUT2D eigenvalue weighted by molar-refractivity contribution is 0.287. The van der Waals surface area contributed by atoms with Gasteiger partial charge in [-0.05, 0) is 24.5 Å². The van der Waals surface area contributed by atoms with Crippen LogP contribution in [0.1, 0.15) is 12.0 Å². The van der Waals surface area contributed by atoms with Gasteiger partial charge in [-0.1, -0.05) is 11.6 Å². The molecule has 0 unspecified atom stereocenters. The number of benzene rings is 1. The molecule has 0 radical (unpaired) electrons. The van der Waals surface area contributed by atoms with Crippen molar-refractivity contribution >= 4 is 11.6 Å². The molecule has 2 N–H and O–H groups in total. The van der Waals surface area contributed by atoms with Crippen molar-refractivity contribution in [1.82, 2.24) is 0 Å². The second-order valence-corrected chi connectivity index (χ2v) is 3.23.